The van der Waals surface area contributed by atoms with Crippen molar-refractivity contribution in [2.75, 3.05) is 0 Å². The zero-order valence-corrected chi connectivity index (χ0v) is 13.9. The Hall–Kier alpha value is -1.32. The molecule has 0 aromatic heterocycles. The molecule has 2 nitrogen and oxygen atoms in total. The van der Waals surface area contributed by atoms with Crippen LogP contribution >= 0.6 is 0 Å². The van der Waals surface area contributed by atoms with Gasteiger partial charge >= 0.3 is 7.12 Å². The Morgan fingerprint density at radius 3 is 1.81 bits per heavy atom. The monoisotopic (exact) mass is 284 g/mol. The maximum absolute atomic E-state index is 9.76. The largest absolute Gasteiger partial charge is 0.489 e. The molecule has 0 aliphatic carbocycles. The van der Waals surface area contributed by atoms with E-state index < -0.39 is 7.12 Å². The van der Waals surface area contributed by atoms with E-state index in [1.807, 2.05) is 6.07 Å². The van der Waals surface area contributed by atoms with E-state index in [2.05, 4.69) is 65.8 Å². The average molecular weight is 284 g/mol. The summed E-state index contributed by atoms with van der Waals surface area (Å²) < 4.78 is 0. The van der Waals surface area contributed by atoms with Gasteiger partial charge in [-0.25, -0.2) is 0 Å². The molecular formula is C18H25BO2. The lowest BCUT2D eigenvalue weighted by atomic mass is 9.72. The molecule has 0 saturated heterocycles. The molecule has 0 spiro atoms. The van der Waals surface area contributed by atoms with Crippen molar-refractivity contribution >= 4 is 23.4 Å². The average Bonchev–Trinajstić information content (AvgIpc) is 2.34. The standard InChI is InChI=1S/C18H25BO2/c1-17(2,3)13-8-7-12-9-14(18(4,5)6)11-16(19(20)21)15(12)10-13/h7-11,20-21H,1-6H3. The third kappa shape index (κ3) is 3.30. The van der Waals surface area contributed by atoms with Gasteiger partial charge in [-0.3, -0.25) is 0 Å². The second kappa shape index (κ2) is 5.15. The molecule has 0 heterocycles. The van der Waals surface area contributed by atoms with E-state index >= 15 is 0 Å². The molecule has 112 valence electrons. The van der Waals surface area contributed by atoms with Crippen LogP contribution in [0.3, 0.4) is 0 Å². The Bertz CT molecular complexity index is 661. The molecule has 0 saturated carbocycles. The molecule has 0 aliphatic heterocycles. The molecule has 2 aromatic carbocycles. The first-order valence-corrected chi connectivity index (χ1v) is 7.45. The lowest BCUT2D eigenvalue weighted by molar-refractivity contribution is 0.426. The van der Waals surface area contributed by atoms with Crippen LogP contribution in [0.15, 0.2) is 30.3 Å². The summed E-state index contributed by atoms with van der Waals surface area (Å²) in [6.45, 7) is 12.9. The maximum atomic E-state index is 9.76. The van der Waals surface area contributed by atoms with Crippen molar-refractivity contribution in [1.29, 1.82) is 0 Å². The van der Waals surface area contributed by atoms with Crippen molar-refractivity contribution in [3.8, 4) is 0 Å². The summed E-state index contributed by atoms with van der Waals surface area (Å²) >= 11 is 0. The molecule has 0 bridgehead atoms. The van der Waals surface area contributed by atoms with Crippen LogP contribution in [0.25, 0.3) is 10.8 Å². The number of benzene rings is 2. The highest BCUT2D eigenvalue weighted by Crippen LogP contribution is 2.29. The van der Waals surface area contributed by atoms with Crippen molar-refractivity contribution in [2.45, 2.75) is 52.4 Å². The molecule has 2 aromatic rings. The molecule has 21 heavy (non-hydrogen) atoms. The van der Waals surface area contributed by atoms with Crippen LogP contribution < -0.4 is 5.46 Å². The first-order chi connectivity index (χ1) is 9.50. The van der Waals surface area contributed by atoms with Crippen molar-refractivity contribution < 1.29 is 10.0 Å². The number of fused-ring (bicyclic) bond motifs is 1. The summed E-state index contributed by atoms with van der Waals surface area (Å²) in [6.07, 6.45) is 0. The van der Waals surface area contributed by atoms with E-state index in [4.69, 9.17) is 0 Å². The van der Waals surface area contributed by atoms with Gasteiger partial charge in [0.1, 0.15) is 0 Å². The van der Waals surface area contributed by atoms with Crippen molar-refractivity contribution in [2.24, 2.45) is 0 Å². The van der Waals surface area contributed by atoms with Crippen molar-refractivity contribution in [3.05, 3.63) is 41.5 Å². The van der Waals surface area contributed by atoms with Crippen LogP contribution in [0.5, 0.6) is 0 Å². The molecular weight excluding hydrogens is 259 g/mol. The van der Waals surface area contributed by atoms with Crippen LogP contribution in [0.4, 0.5) is 0 Å². The van der Waals surface area contributed by atoms with Gasteiger partial charge in [-0.2, -0.15) is 0 Å². The Balaban J connectivity index is 2.77. The van der Waals surface area contributed by atoms with E-state index in [9.17, 15) is 10.0 Å². The minimum Gasteiger partial charge on any atom is -0.423 e. The van der Waals surface area contributed by atoms with E-state index in [1.54, 1.807) is 0 Å². The summed E-state index contributed by atoms with van der Waals surface area (Å²) in [7, 11) is -1.45. The second-order valence-electron chi connectivity index (χ2n) is 7.88. The zero-order valence-electron chi connectivity index (χ0n) is 13.9. The first-order valence-electron chi connectivity index (χ1n) is 7.45. The highest BCUT2D eigenvalue weighted by Gasteiger charge is 2.22. The normalized spacial score (nSPS) is 12.8. The van der Waals surface area contributed by atoms with E-state index in [-0.39, 0.29) is 10.8 Å². The lowest BCUT2D eigenvalue weighted by Crippen LogP contribution is -2.32. The minimum atomic E-state index is -1.45. The van der Waals surface area contributed by atoms with Crippen molar-refractivity contribution in [3.63, 3.8) is 0 Å². The predicted octanol–water partition coefficient (Wildman–Crippen LogP) is 3.11. The van der Waals surface area contributed by atoms with Crippen LogP contribution in [0.1, 0.15) is 52.7 Å². The Morgan fingerprint density at radius 2 is 1.33 bits per heavy atom. The van der Waals surface area contributed by atoms with E-state index in [0.29, 0.717) is 5.46 Å². The summed E-state index contributed by atoms with van der Waals surface area (Å²) in [5.74, 6) is 0. The van der Waals surface area contributed by atoms with Gasteiger partial charge in [0.15, 0.2) is 0 Å². The molecule has 0 amide bonds. The van der Waals surface area contributed by atoms with Crippen molar-refractivity contribution in [1.82, 2.24) is 0 Å². The van der Waals surface area contributed by atoms with Gasteiger partial charge in [-0.1, -0.05) is 71.9 Å². The predicted molar refractivity (Wildman–Crippen MR) is 91.2 cm³/mol. The summed E-state index contributed by atoms with van der Waals surface area (Å²) in [5.41, 5.74) is 2.90. The summed E-state index contributed by atoms with van der Waals surface area (Å²) in [4.78, 5) is 0. The van der Waals surface area contributed by atoms with Gasteiger partial charge in [0.25, 0.3) is 0 Å². The van der Waals surface area contributed by atoms with Crippen LogP contribution in [0, 0.1) is 0 Å². The zero-order chi connectivity index (χ0) is 16.0. The van der Waals surface area contributed by atoms with Gasteiger partial charge < -0.3 is 10.0 Å². The molecule has 0 unspecified atom stereocenters. The highest BCUT2D eigenvalue weighted by molar-refractivity contribution is 6.62. The molecule has 0 atom stereocenters. The Kier molecular flexibility index (Phi) is 3.94. The number of hydrogen-bond donors (Lipinski definition) is 2. The van der Waals surface area contributed by atoms with Gasteiger partial charge in [-0.15, -0.1) is 0 Å². The first kappa shape index (κ1) is 16.1. The molecule has 2 N–H and O–H groups in total. The summed E-state index contributed by atoms with van der Waals surface area (Å²) in [6, 6.07) is 10.4. The summed E-state index contributed by atoms with van der Waals surface area (Å²) in [5, 5.41) is 21.5. The second-order valence-corrected chi connectivity index (χ2v) is 7.88. The van der Waals surface area contributed by atoms with Gasteiger partial charge in [0.05, 0.1) is 0 Å². The SMILES string of the molecule is CC(C)(C)c1cc(B(O)O)c2cc(C(C)(C)C)ccc2c1. The van der Waals surface area contributed by atoms with Gasteiger partial charge in [0.2, 0.25) is 0 Å². The molecule has 0 aliphatic rings. The number of rotatable bonds is 1. The molecule has 3 heteroatoms. The fourth-order valence-corrected chi connectivity index (χ4v) is 2.50. The van der Waals surface area contributed by atoms with Crippen LogP contribution in [-0.4, -0.2) is 17.2 Å². The van der Waals surface area contributed by atoms with E-state index in [0.717, 1.165) is 16.3 Å². The molecule has 2 rings (SSSR count). The van der Waals surface area contributed by atoms with Gasteiger partial charge in [-0.05, 0) is 38.2 Å². The maximum Gasteiger partial charge on any atom is 0.489 e. The smallest absolute Gasteiger partial charge is 0.423 e. The fraction of sp³-hybridized carbons (Fsp3) is 0.444. The molecule has 0 fully saturated rings. The Labute approximate surface area is 128 Å². The third-order valence-corrected chi connectivity index (χ3v) is 4.00. The van der Waals surface area contributed by atoms with Crippen LogP contribution in [-0.2, 0) is 10.8 Å². The highest BCUT2D eigenvalue weighted by atomic mass is 16.4. The molecule has 0 radical (unpaired) electrons. The number of hydrogen-bond acceptors (Lipinski definition) is 2. The van der Waals surface area contributed by atoms with E-state index in [1.165, 1.54) is 5.56 Å². The quantitative estimate of drug-likeness (QED) is 0.790. The van der Waals surface area contributed by atoms with Gasteiger partial charge in [0, 0.05) is 0 Å². The topological polar surface area (TPSA) is 40.5 Å². The Morgan fingerprint density at radius 1 is 0.762 bits per heavy atom. The van der Waals surface area contributed by atoms with Crippen LogP contribution in [0.2, 0.25) is 0 Å². The fourth-order valence-electron chi connectivity index (χ4n) is 2.50. The minimum absolute atomic E-state index is 0.0273. The third-order valence-electron chi connectivity index (χ3n) is 4.00. The lowest BCUT2D eigenvalue weighted by Gasteiger charge is -2.23.